The van der Waals surface area contributed by atoms with Crippen molar-refractivity contribution in [3.05, 3.63) is 65.3 Å². The Balaban J connectivity index is 1.52. The standard InChI is InChI=1S/C19H18N6O3S2/c1-29-19-20-12-15-8-9-16(26)24(18(15)22-19)10-5-11-30(27,28)25-13-21-17(23-25)14-6-3-2-4-7-14/h2-4,6-9,12-13H,5,10-11H2,1H3. The van der Waals surface area contributed by atoms with Crippen LogP contribution in [0.5, 0.6) is 0 Å². The summed E-state index contributed by atoms with van der Waals surface area (Å²) in [6, 6.07) is 12.2. The predicted octanol–water partition coefficient (Wildman–Crippen LogP) is 2.04. The second-order valence-electron chi connectivity index (χ2n) is 6.44. The molecule has 4 aromatic rings. The van der Waals surface area contributed by atoms with Crippen LogP contribution in [0, 0.1) is 0 Å². The summed E-state index contributed by atoms with van der Waals surface area (Å²) < 4.78 is 27.7. The van der Waals surface area contributed by atoms with Gasteiger partial charge < -0.3 is 0 Å². The van der Waals surface area contributed by atoms with Crippen LogP contribution in [0.25, 0.3) is 22.4 Å². The van der Waals surface area contributed by atoms with Crippen LogP contribution in [0.15, 0.2) is 64.9 Å². The van der Waals surface area contributed by atoms with Crippen molar-refractivity contribution in [1.82, 2.24) is 28.7 Å². The Morgan fingerprint density at radius 1 is 1.07 bits per heavy atom. The average Bonchev–Trinajstić information content (AvgIpc) is 3.27. The summed E-state index contributed by atoms with van der Waals surface area (Å²) in [6.07, 6.45) is 4.92. The molecule has 11 heteroatoms. The van der Waals surface area contributed by atoms with Crippen molar-refractivity contribution in [2.75, 3.05) is 12.0 Å². The van der Waals surface area contributed by atoms with Gasteiger partial charge in [-0.2, -0.15) is 0 Å². The van der Waals surface area contributed by atoms with E-state index in [9.17, 15) is 13.2 Å². The van der Waals surface area contributed by atoms with Crippen LogP contribution in [0.3, 0.4) is 0 Å². The highest BCUT2D eigenvalue weighted by Gasteiger charge is 2.17. The van der Waals surface area contributed by atoms with E-state index in [2.05, 4.69) is 20.1 Å². The number of pyridine rings is 1. The van der Waals surface area contributed by atoms with E-state index in [0.717, 1.165) is 15.0 Å². The molecular formula is C19H18N6O3S2. The molecule has 9 nitrogen and oxygen atoms in total. The topological polar surface area (TPSA) is 113 Å². The highest BCUT2D eigenvalue weighted by molar-refractivity contribution is 7.98. The second-order valence-corrected chi connectivity index (χ2v) is 9.15. The molecule has 0 aliphatic heterocycles. The Kier molecular flexibility index (Phi) is 5.64. The van der Waals surface area contributed by atoms with Gasteiger partial charge in [-0.3, -0.25) is 9.36 Å². The van der Waals surface area contributed by atoms with Crippen LogP contribution in [0.4, 0.5) is 0 Å². The largest absolute Gasteiger partial charge is 0.293 e. The van der Waals surface area contributed by atoms with E-state index in [0.29, 0.717) is 16.6 Å². The number of hydrogen-bond acceptors (Lipinski definition) is 8. The average molecular weight is 443 g/mol. The van der Waals surface area contributed by atoms with Gasteiger partial charge in [-0.25, -0.2) is 23.4 Å². The highest BCUT2D eigenvalue weighted by atomic mass is 32.2. The van der Waals surface area contributed by atoms with Gasteiger partial charge >= 0.3 is 0 Å². The third-order valence-electron chi connectivity index (χ3n) is 4.46. The van der Waals surface area contributed by atoms with Gasteiger partial charge in [0.15, 0.2) is 11.0 Å². The van der Waals surface area contributed by atoms with Crippen molar-refractivity contribution >= 4 is 32.8 Å². The maximum absolute atomic E-state index is 12.7. The number of aryl methyl sites for hydroxylation is 1. The van der Waals surface area contributed by atoms with E-state index < -0.39 is 10.0 Å². The predicted molar refractivity (Wildman–Crippen MR) is 115 cm³/mol. The summed E-state index contributed by atoms with van der Waals surface area (Å²) in [6.45, 7) is 0.209. The monoisotopic (exact) mass is 442 g/mol. The van der Waals surface area contributed by atoms with Crippen molar-refractivity contribution in [2.45, 2.75) is 18.1 Å². The summed E-state index contributed by atoms with van der Waals surface area (Å²) in [5, 5.41) is 5.36. The van der Waals surface area contributed by atoms with Crippen LogP contribution in [-0.4, -0.2) is 49.1 Å². The third-order valence-corrected chi connectivity index (χ3v) is 6.57. The smallest absolute Gasteiger partial charge is 0.255 e. The van der Waals surface area contributed by atoms with Gasteiger partial charge in [0.25, 0.3) is 15.6 Å². The number of benzene rings is 1. The fourth-order valence-corrected chi connectivity index (χ4v) is 4.38. The molecule has 0 N–H and O–H groups in total. The SMILES string of the molecule is CSc1ncc2ccc(=O)n(CCCS(=O)(=O)n3cnc(-c4ccccc4)n3)c2n1. The molecular weight excluding hydrogens is 424 g/mol. The third kappa shape index (κ3) is 4.12. The van der Waals surface area contributed by atoms with Crippen molar-refractivity contribution in [3.8, 4) is 11.4 Å². The van der Waals surface area contributed by atoms with E-state index in [1.165, 1.54) is 28.7 Å². The van der Waals surface area contributed by atoms with Crippen molar-refractivity contribution < 1.29 is 8.42 Å². The van der Waals surface area contributed by atoms with E-state index in [1.807, 2.05) is 36.6 Å². The van der Waals surface area contributed by atoms with Gasteiger partial charge in [-0.05, 0) is 18.7 Å². The lowest BCUT2D eigenvalue weighted by molar-refractivity contribution is 0.570. The molecule has 0 aliphatic carbocycles. The van der Waals surface area contributed by atoms with Crippen molar-refractivity contribution in [1.29, 1.82) is 0 Å². The van der Waals surface area contributed by atoms with Crippen LogP contribution < -0.4 is 5.56 Å². The molecule has 0 spiro atoms. The molecule has 0 fully saturated rings. The molecule has 4 rings (SSSR count). The molecule has 0 bridgehead atoms. The van der Waals surface area contributed by atoms with Crippen LogP contribution >= 0.6 is 11.8 Å². The Labute approximate surface area is 176 Å². The van der Waals surface area contributed by atoms with Crippen LogP contribution in [-0.2, 0) is 16.6 Å². The first-order valence-corrected chi connectivity index (χ1v) is 11.9. The molecule has 3 aromatic heterocycles. The lowest BCUT2D eigenvalue weighted by Gasteiger charge is -2.10. The zero-order chi connectivity index (χ0) is 21.1. The van der Waals surface area contributed by atoms with E-state index in [1.54, 1.807) is 12.3 Å². The summed E-state index contributed by atoms with van der Waals surface area (Å²) in [5.41, 5.74) is 0.988. The first-order valence-electron chi connectivity index (χ1n) is 9.09. The van der Waals surface area contributed by atoms with Gasteiger partial charge in [-0.1, -0.05) is 42.1 Å². The lowest BCUT2D eigenvalue weighted by atomic mass is 10.2. The zero-order valence-electron chi connectivity index (χ0n) is 16.0. The fourth-order valence-electron chi connectivity index (χ4n) is 2.97. The van der Waals surface area contributed by atoms with Crippen LogP contribution in [0.1, 0.15) is 6.42 Å². The van der Waals surface area contributed by atoms with Crippen molar-refractivity contribution in [2.24, 2.45) is 0 Å². The van der Waals surface area contributed by atoms with Gasteiger partial charge in [0.1, 0.15) is 12.0 Å². The minimum Gasteiger partial charge on any atom is -0.293 e. The normalized spacial score (nSPS) is 11.8. The molecule has 0 radical (unpaired) electrons. The number of aromatic nitrogens is 6. The highest BCUT2D eigenvalue weighted by Crippen LogP contribution is 2.15. The number of nitrogens with zero attached hydrogens (tertiary/aromatic N) is 6. The molecule has 0 amide bonds. The Morgan fingerprint density at radius 3 is 2.63 bits per heavy atom. The summed E-state index contributed by atoms with van der Waals surface area (Å²) in [4.78, 5) is 25.0. The number of rotatable bonds is 7. The Bertz CT molecular complexity index is 1350. The first kappa shape index (κ1) is 20.2. The molecule has 0 atom stereocenters. The van der Waals surface area contributed by atoms with Gasteiger partial charge in [0.2, 0.25) is 0 Å². The minimum absolute atomic E-state index is 0.187. The maximum atomic E-state index is 12.7. The van der Waals surface area contributed by atoms with Crippen LogP contribution in [0.2, 0.25) is 0 Å². The Morgan fingerprint density at radius 2 is 1.87 bits per heavy atom. The Hall–Kier alpha value is -3.05. The van der Waals surface area contributed by atoms with Gasteiger partial charge in [0.05, 0.1) is 5.75 Å². The number of hydrogen-bond donors (Lipinski definition) is 0. The molecule has 1 aromatic carbocycles. The zero-order valence-corrected chi connectivity index (χ0v) is 17.7. The molecule has 0 saturated heterocycles. The molecule has 0 saturated carbocycles. The summed E-state index contributed by atoms with van der Waals surface area (Å²) >= 11 is 1.37. The summed E-state index contributed by atoms with van der Waals surface area (Å²) in [5.74, 6) is 0.152. The number of fused-ring (bicyclic) bond motifs is 1. The molecule has 0 unspecified atom stereocenters. The second kappa shape index (κ2) is 8.36. The van der Waals surface area contributed by atoms with E-state index >= 15 is 0 Å². The quantitative estimate of drug-likeness (QED) is 0.316. The maximum Gasteiger partial charge on any atom is 0.255 e. The van der Waals surface area contributed by atoms with Crippen molar-refractivity contribution in [3.63, 3.8) is 0 Å². The molecule has 154 valence electrons. The number of thioether (sulfide) groups is 1. The first-order chi connectivity index (χ1) is 14.5. The van der Waals surface area contributed by atoms with E-state index in [-0.39, 0.29) is 24.3 Å². The van der Waals surface area contributed by atoms with E-state index in [4.69, 9.17) is 0 Å². The van der Waals surface area contributed by atoms with Gasteiger partial charge in [-0.15, -0.1) is 9.19 Å². The summed E-state index contributed by atoms with van der Waals surface area (Å²) in [7, 11) is -3.71. The molecule has 0 aliphatic rings. The fraction of sp³-hybridized carbons (Fsp3) is 0.211. The van der Waals surface area contributed by atoms with Gasteiger partial charge in [0, 0.05) is 29.8 Å². The molecule has 3 heterocycles. The molecule has 30 heavy (non-hydrogen) atoms. The minimum atomic E-state index is -3.71. The lowest BCUT2D eigenvalue weighted by Crippen LogP contribution is -2.23.